The van der Waals surface area contributed by atoms with Gasteiger partial charge in [-0.3, -0.25) is 14.7 Å². The van der Waals surface area contributed by atoms with Crippen molar-refractivity contribution in [3.63, 3.8) is 0 Å². The van der Waals surface area contributed by atoms with Crippen molar-refractivity contribution < 1.29 is 9.32 Å². The second-order valence-corrected chi connectivity index (χ2v) is 6.54. The van der Waals surface area contributed by atoms with Crippen LogP contribution in [-0.4, -0.2) is 37.2 Å². The molecule has 142 valence electrons. The van der Waals surface area contributed by atoms with E-state index in [4.69, 9.17) is 16.1 Å². The first-order valence-corrected chi connectivity index (χ1v) is 8.83. The predicted octanol–water partition coefficient (Wildman–Crippen LogP) is 2.01. The Kier molecular flexibility index (Phi) is 4.66. The highest BCUT2D eigenvalue weighted by atomic mass is 35.5. The van der Waals surface area contributed by atoms with Crippen LogP contribution in [0.15, 0.2) is 45.8 Å². The number of carbonyl (C=O) groups excluding carboxylic acids is 1. The van der Waals surface area contributed by atoms with Crippen LogP contribution in [0.3, 0.4) is 0 Å². The number of amides is 1. The first-order chi connectivity index (χ1) is 13.5. The predicted molar refractivity (Wildman–Crippen MR) is 101 cm³/mol. The third kappa shape index (κ3) is 3.52. The smallest absolute Gasteiger partial charge is 0.272 e. The van der Waals surface area contributed by atoms with Gasteiger partial charge in [0.2, 0.25) is 11.7 Å². The van der Waals surface area contributed by atoms with Gasteiger partial charge in [-0.05, 0) is 31.2 Å². The minimum absolute atomic E-state index is 0.276. The van der Waals surface area contributed by atoms with Crippen molar-refractivity contribution >= 4 is 23.2 Å². The molecule has 0 fully saturated rings. The summed E-state index contributed by atoms with van der Waals surface area (Å²) in [5.41, 5.74) is 1.62. The molecule has 0 aliphatic carbocycles. The Labute approximate surface area is 163 Å². The van der Waals surface area contributed by atoms with E-state index in [0.29, 0.717) is 28.9 Å². The van der Waals surface area contributed by atoms with Gasteiger partial charge >= 0.3 is 0 Å². The number of halogens is 1. The lowest BCUT2D eigenvalue weighted by atomic mass is 10.2. The average molecular weight is 399 g/mol. The Morgan fingerprint density at radius 2 is 2.07 bits per heavy atom. The number of benzene rings is 1. The van der Waals surface area contributed by atoms with Gasteiger partial charge in [0.15, 0.2) is 5.65 Å². The monoisotopic (exact) mass is 398 g/mol. The van der Waals surface area contributed by atoms with Crippen molar-refractivity contribution in [2.24, 2.45) is 0 Å². The molecule has 0 saturated heterocycles. The van der Waals surface area contributed by atoms with E-state index in [1.54, 1.807) is 31.2 Å². The molecule has 0 unspecified atom stereocenters. The molecule has 0 aliphatic heterocycles. The molecule has 0 aliphatic rings. The second-order valence-electron chi connectivity index (χ2n) is 6.11. The van der Waals surface area contributed by atoms with Gasteiger partial charge in [0.25, 0.3) is 11.5 Å². The second kappa shape index (κ2) is 7.28. The summed E-state index contributed by atoms with van der Waals surface area (Å²) in [5, 5.41) is 10.0. The maximum absolute atomic E-state index is 12.4. The van der Waals surface area contributed by atoms with Crippen molar-refractivity contribution in [1.29, 1.82) is 0 Å². The molecular formula is C18H15ClN6O3. The van der Waals surface area contributed by atoms with Crippen LogP contribution in [0.2, 0.25) is 5.02 Å². The Bertz CT molecular complexity index is 1210. The first-order valence-electron chi connectivity index (χ1n) is 8.46. The number of hydrogen-bond acceptors (Lipinski definition) is 6. The van der Waals surface area contributed by atoms with E-state index < -0.39 is 0 Å². The maximum atomic E-state index is 12.4. The molecule has 3 heterocycles. The number of H-pyrrole nitrogens is 1. The fraction of sp³-hybridized carbons (Fsp3) is 0.167. The number of hydrogen-bond donors (Lipinski definition) is 2. The van der Waals surface area contributed by atoms with Gasteiger partial charge in [-0.25, -0.2) is 9.50 Å². The van der Waals surface area contributed by atoms with Crippen LogP contribution in [0.1, 0.15) is 21.9 Å². The standard InChI is InChI=1S/C18H15ClN6O3/c1-10-8-15(26)25-17(22-10)13(9-21-25)18(27)20-7-6-14-23-16(24-28-14)11-2-4-12(19)5-3-11/h2-5,8-9,21H,6-7H2,1H3,(H,20,27). The van der Waals surface area contributed by atoms with Gasteiger partial charge in [0.1, 0.15) is 5.56 Å². The molecule has 2 N–H and O–H groups in total. The SMILES string of the molecule is Cc1cc(=O)n2[nH]cc(C(=O)NCCc3nc(-c4ccc(Cl)cc4)no3)c2n1. The van der Waals surface area contributed by atoms with E-state index >= 15 is 0 Å². The summed E-state index contributed by atoms with van der Waals surface area (Å²) in [6.45, 7) is 1.98. The summed E-state index contributed by atoms with van der Waals surface area (Å²) in [6, 6.07) is 8.48. The number of aromatic amines is 1. The summed E-state index contributed by atoms with van der Waals surface area (Å²) < 4.78 is 6.43. The maximum Gasteiger partial charge on any atom is 0.272 e. The summed E-state index contributed by atoms with van der Waals surface area (Å²) >= 11 is 5.87. The lowest BCUT2D eigenvalue weighted by Crippen LogP contribution is -2.26. The highest BCUT2D eigenvalue weighted by Crippen LogP contribution is 2.18. The van der Waals surface area contributed by atoms with Crippen molar-refractivity contribution in [2.75, 3.05) is 6.54 Å². The lowest BCUT2D eigenvalue weighted by molar-refractivity contribution is 0.0955. The van der Waals surface area contributed by atoms with Crippen LogP contribution in [0, 0.1) is 6.92 Å². The lowest BCUT2D eigenvalue weighted by Gasteiger charge is -2.02. The molecule has 1 amide bonds. The number of nitrogens with zero attached hydrogens (tertiary/aromatic N) is 4. The molecule has 4 aromatic rings. The number of fused-ring (bicyclic) bond motifs is 1. The summed E-state index contributed by atoms with van der Waals surface area (Å²) in [4.78, 5) is 32.9. The fourth-order valence-corrected chi connectivity index (χ4v) is 2.84. The Morgan fingerprint density at radius 1 is 1.29 bits per heavy atom. The Morgan fingerprint density at radius 3 is 2.86 bits per heavy atom. The van der Waals surface area contributed by atoms with Crippen molar-refractivity contribution in [3.05, 3.63) is 69.1 Å². The molecule has 0 bridgehead atoms. The molecule has 0 saturated carbocycles. The van der Waals surface area contributed by atoms with Crippen LogP contribution in [0.4, 0.5) is 0 Å². The van der Waals surface area contributed by atoms with Gasteiger partial charge in [0.05, 0.1) is 0 Å². The van der Waals surface area contributed by atoms with Gasteiger partial charge in [-0.2, -0.15) is 4.98 Å². The summed E-state index contributed by atoms with van der Waals surface area (Å²) in [5.74, 6) is 0.497. The Balaban J connectivity index is 1.41. The molecular weight excluding hydrogens is 384 g/mol. The molecule has 10 heteroatoms. The zero-order valence-corrected chi connectivity index (χ0v) is 15.5. The van der Waals surface area contributed by atoms with Crippen LogP contribution in [0.5, 0.6) is 0 Å². The number of carbonyl (C=O) groups is 1. The van der Waals surface area contributed by atoms with Crippen molar-refractivity contribution in [1.82, 2.24) is 30.1 Å². The van der Waals surface area contributed by atoms with E-state index in [1.807, 2.05) is 0 Å². The van der Waals surface area contributed by atoms with Crippen LogP contribution in [-0.2, 0) is 6.42 Å². The van der Waals surface area contributed by atoms with Crippen LogP contribution in [0.25, 0.3) is 17.0 Å². The summed E-state index contributed by atoms with van der Waals surface area (Å²) in [7, 11) is 0. The number of rotatable bonds is 5. The van der Waals surface area contributed by atoms with Crippen molar-refractivity contribution in [3.8, 4) is 11.4 Å². The third-order valence-electron chi connectivity index (χ3n) is 4.07. The molecule has 28 heavy (non-hydrogen) atoms. The zero-order chi connectivity index (χ0) is 19.7. The van der Waals surface area contributed by atoms with E-state index in [-0.39, 0.29) is 29.2 Å². The van der Waals surface area contributed by atoms with Crippen LogP contribution < -0.4 is 10.9 Å². The van der Waals surface area contributed by atoms with E-state index in [1.165, 1.54) is 16.8 Å². The molecule has 0 atom stereocenters. The number of aryl methyl sites for hydroxylation is 1. The molecule has 0 spiro atoms. The van der Waals surface area contributed by atoms with Gasteiger partial charge in [-0.15, -0.1) is 0 Å². The highest BCUT2D eigenvalue weighted by molar-refractivity contribution is 6.30. The van der Waals surface area contributed by atoms with Crippen LogP contribution >= 0.6 is 11.6 Å². The van der Waals surface area contributed by atoms with Gasteiger partial charge in [-0.1, -0.05) is 16.8 Å². The fourth-order valence-electron chi connectivity index (χ4n) is 2.71. The van der Waals surface area contributed by atoms with Gasteiger partial charge in [0, 0.05) is 41.5 Å². The largest absolute Gasteiger partial charge is 0.351 e. The minimum atomic E-state index is -0.353. The number of nitrogens with one attached hydrogen (secondary N) is 2. The molecule has 1 aromatic carbocycles. The molecule has 3 aromatic heterocycles. The first kappa shape index (κ1) is 17.9. The molecule has 4 rings (SSSR count). The zero-order valence-electron chi connectivity index (χ0n) is 14.8. The topological polar surface area (TPSA) is 118 Å². The average Bonchev–Trinajstić information content (AvgIpc) is 3.29. The minimum Gasteiger partial charge on any atom is -0.351 e. The normalized spacial score (nSPS) is 11.1. The third-order valence-corrected chi connectivity index (χ3v) is 4.32. The van der Waals surface area contributed by atoms with E-state index in [9.17, 15) is 9.59 Å². The van der Waals surface area contributed by atoms with Crippen molar-refractivity contribution in [2.45, 2.75) is 13.3 Å². The Hall–Kier alpha value is -3.46. The number of aromatic nitrogens is 5. The summed E-state index contributed by atoms with van der Waals surface area (Å²) in [6.07, 6.45) is 1.81. The quantitative estimate of drug-likeness (QED) is 0.531. The van der Waals surface area contributed by atoms with E-state index in [2.05, 4.69) is 25.5 Å². The van der Waals surface area contributed by atoms with E-state index in [0.717, 1.165) is 5.56 Å². The highest BCUT2D eigenvalue weighted by Gasteiger charge is 2.15. The molecule has 9 nitrogen and oxygen atoms in total. The molecule has 0 radical (unpaired) electrons. The van der Waals surface area contributed by atoms with Gasteiger partial charge < -0.3 is 9.84 Å².